The van der Waals surface area contributed by atoms with Crippen LogP contribution in [-0.4, -0.2) is 140 Å². The minimum Gasteiger partial charge on any atom is -0.394 e. The molecule has 14 heteroatoms. The Labute approximate surface area is 463 Å². The normalized spacial score (nSPS) is 25.6. The Morgan fingerprint density at radius 3 is 1.38 bits per heavy atom. The van der Waals surface area contributed by atoms with Gasteiger partial charge in [-0.3, -0.25) is 4.79 Å². The molecule has 14 nitrogen and oxygen atoms in total. The van der Waals surface area contributed by atoms with E-state index in [1.54, 1.807) is 0 Å². The van der Waals surface area contributed by atoms with E-state index < -0.39 is 86.8 Å². The number of carbonyl (C=O) groups excluding carboxylic acids is 1. The Morgan fingerprint density at radius 2 is 0.896 bits per heavy atom. The second kappa shape index (κ2) is 47.2. The number of aliphatic hydroxyl groups excluding tert-OH is 8. The largest absolute Gasteiger partial charge is 0.394 e. The van der Waals surface area contributed by atoms with E-state index in [0.717, 1.165) is 116 Å². The van der Waals surface area contributed by atoms with E-state index in [2.05, 4.69) is 141 Å². The molecule has 9 N–H and O–H groups in total. The van der Waals surface area contributed by atoms with Crippen LogP contribution in [-0.2, 0) is 23.7 Å². The highest BCUT2D eigenvalue weighted by Gasteiger charge is 2.51. The fraction of sp³-hybridized carbons (Fsp3) is 0.667. The second-order valence-electron chi connectivity index (χ2n) is 20.0. The van der Waals surface area contributed by atoms with Gasteiger partial charge in [-0.1, -0.05) is 200 Å². The molecule has 0 aromatic rings. The number of hydrogen-bond donors (Lipinski definition) is 9. The summed E-state index contributed by atoms with van der Waals surface area (Å²) in [6.07, 6.45) is 50.9. The molecular weight excluding hydrogens is 979 g/mol. The van der Waals surface area contributed by atoms with Gasteiger partial charge >= 0.3 is 0 Å². The zero-order valence-corrected chi connectivity index (χ0v) is 46.9. The van der Waals surface area contributed by atoms with Crippen LogP contribution in [0.4, 0.5) is 0 Å². The average molecular weight is 1080 g/mol. The zero-order chi connectivity index (χ0) is 56.0. The van der Waals surface area contributed by atoms with Gasteiger partial charge in [0.15, 0.2) is 12.6 Å². The highest BCUT2D eigenvalue weighted by molar-refractivity contribution is 5.76. The van der Waals surface area contributed by atoms with E-state index in [1.807, 2.05) is 0 Å². The van der Waals surface area contributed by atoms with E-state index in [1.165, 1.54) is 25.7 Å². The Balaban J connectivity index is 1.65. The quantitative estimate of drug-likeness (QED) is 0.0205. The number of carbonyl (C=O) groups is 1. The summed E-state index contributed by atoms with van der Waals surface area (Å²) in [4.78, 5) is 13.2. The summed E-state index contributed by atoms with van der Waals surface area (Å²) in [5, 5.41) is 86.8. The van der Waals surface area contributed by atoms with Gasteiger partial charge in [0.05, 0.1) is 32.0 Å². The van der Waals surface area contributed by atoms with E-state index in [0.29, 0.717) is 12.8 Å². The Hall–Kier alpha value is -3.61. The number of unbranched alkanes of at least 4 members (excludes halogenated alkanes) is 11. The number of allylic oxidation sites excluding steroid dienone is 20. The molecule has 2 saturated heterocycles. The highest BCUT2D eigenvalue weighted by atomic mass is 16.7. The molecule has 0 radical (unpaired) electrons. The molecule has 2 fully saturated rings. The monoisotopic (exact) mass is 1080 g/mol. The maximum atomic E-state index is 13.2. The first kappa shape index (κ1) is 69.5. The molecule has 77 heavy (non-hydrogen) atoms. The average Bonchev–Trinajstić information content (AvgIpc) is 3.44. The minimum atomic E-state index is -1.79. The third-order valence-corrected chi connectivity index (χ3v) is 13.4. The van der Waals surface area contributed by atoms with Crippen LogP contribution in [0.3, 0.4) is 0 Å². The molecule has 0 aliphatic carbocycles. The summed E-state index contributed by atoms with van der Waals surface area (Å²) in [5.74, 6) is -0.241. The van der Waals surface area contributed by atoms with Crippen molar-refractivity contribution in [1.82, 2.24) is 5.32 Å². The molecule has 0 aromatic carbocycles. The SMILES string of the molecule is CC/C=C\C/C=C\C/C=C\C/C=C\C/C=C\C/C=C\C/C=C\C/C=C\C/C=C\C/C=C\CCCCCCC(=O)NC(COC1OC(CO)C(OC2OC(CO)C(O)C(O)C2O)C(O)C1O)C(O)CCCCCCCCCC. The van der Waals surface area contributed by atoms with Gasteiger partial charge in [0.2, 0.25) is 5.91 Å². The van der Waals surface area contributed by atoms with Crippen molar-refractivity contribution in [3.8, 4) is 0 Å². The van der Waals surface area contributed by atoms with Gasteiger partial charge in [0, 0.05) is 6.42 Å². The van der Waals surface area contributed by atoms with Crippen LogP contribution in [0.1, 0.15) is 174 Å². The summed E-state index contributed by atoms with van der Waals surface area (Å²) in [6, 6.07) is -0.849. The summed E-state index contributed by atoms with van der Waals surface area (Å²) in [5.41, 5.74) is 0. The molecule has 12 unspecified atom stereocenters. The number of rotatable bonds is 44. The smallest absolute Gasteiger partial charge is 0.220 e. The van der Waals surface area contributed by atoms with Gasteiger partial charge in [-0.2, -0.15) is 0 Å². The number of aliphatic hydroxyl groups is 8. The molecule has 1 amide bonds. The number of ether oxygens (including phenoxy) is 4. The summed E-state index contributed by atoms with van der Waals surface area (Å²) in [6.45, 7) is 2.65. The number of amides is 1. The van der Waals surface area contributed by atoms with E-state index in [9.17, 15) is 45.6 Å². The standard InChI is InChI=1S/C63H103NO13/c1-3-5-7-9-11-13-14-15-16-17-18-19-20-21-22-23-24-25-26-27-28-29-30-31-32-33-34-35-36-37-38-39-41-43-45-47-55(68)64-51(52(67)46-44-42-40-12-10-8-6-4-2)50-74-62-60(73)58(71)61(54(49-66)76-62)77-63-59(72)57(70)56(69)53(48-65)75-63/h5,7,11,13,15-16,18-19,21-22,24-25,27-28,30-31,33-34,36-37,51-54,56-63,65-67,69-73H,3-4,6,8-10,12,14,17,20,23,26,29,32,35,38-50H2,1-2H3,(H,64,68)/b7-5-,13-11-,16-15-,19-18-,22-21-,25-24-,28-27-,31-30-,34-33-,37-36-. The molecule has 2 rings (SSSR count). The second-order valence-corrected chi connectivity index (χ2v) is 20.0. The van der Waals surface area contributed by atoms with Crippen molar-refractivity contribution in [3.05, 3.63) is 122 Å². The Bertz CT molecular complexity index is 1750. The van der Waals surface area contributed by atoms with Gasteiger partial charge in [-0.15, -0.1) is 0 Å². The van der Waals surface area contributed by atoms with Gasteiger partial charge in [-0.25, -0.2) is 0 Å². The molecule has 438 valence electrons. The van der Waals surface area contributed by atoms with Crippen molar-refractivity contribution in [2.24, 2.45) is 0 Å². The number of hydrogen-bond acceptors (Lipinski definition) is 13. The summed E-state index contributed by atoms with van der Waals surface area (Å²) < 4.78 is 22.7. The third kappa shape index (κ3) is 32.9. The molecule has 0 aromatic heterocycles. The van der Waals surface area contributed by atoms with E-state index in [4.69, 9.17) is 18.9 Å². The van der Waals surface area contributed by atoms with Crippen molar-refractivity contribution < 1.29 is 64.6 Å². The molecule has 0 spiro atoms. The zero-order valence-electron chi connectivity index (χ0n) is 46.9. The van der Waals surface area contributed by atoms with Crippen LogP contribution < -0.4 is 5.32 Å². The van der Waals surface area contributed by atoms with Crippen LogP contribution in [0.5, 0.6) is 0 Å². The number of nitrogens with one attached hydrogen (secondary N) is 1. The van der Waals surface area contributed by atoms with Gasteiger partial charge in [0.1, 0.15) is 48.8 Å². The van der Waals surface area contributed by atoms with Gasteiger partial charge in [-0.05, 0) is 89.9 Å². The topological polar surface area (TPSA) is 228 Å². The first-order chi connectivity index (χ1) is 37.6. The van der Waals surface area contributed by atoms with Crippen molar-refractivity contribution in [2.75, 3.05) is 19.8 Å². The first-order valence-corrected chi connectivity index (χ1v) is 29.3. The van der Waals surface area contributed by atoms with Crippen molar-refractivity contribution in [1.29, 1.82) is 0 Å². The summed E-state index contributed by atoms with van der Waals surface area (Å²) in [7, 11) is 0. The van der Waals surface area contributed by atoms with Crippen molar-refractivity contribution in [2.45, 2.75) is 248 Å². The van der Waals surface area contributed by atoms with E-state index >= 15 is 0 Å². The highest BCUT2D eigenvalue weighted by Crippen LogP contribution is 2.30. The lowest BCUT2D eigenvalue weighted by Crippen LogP contribution is -2.65. The lowest BCUT2D eigenvalue weighted by atomic mass is 9.97. The molecule has 2 heterocycles. The summed E-state index contributed by atoms with van der Waals surface area (Å²) >= 11 is 0. The van der Waals surface area contributed by atoms with Gasteiger partial charge < -0.3 is 65.1 Å². The minimum absolute atomic E-state index is 0.241. The van der Waals surface area contributed by atoms with Crippen molar-refractivity contribution in [3.63, 3.8) is 0 Å². The van der Waals surface area contributed by atoms with Gasteiger partial charge in [0.25, 0.3) is 0 Å². The predicted octanol–water partition coefficient (Wildman–Crippen LogP) is 9.83. The fourth-order valence-electron chi connectivity index (χ4n) is 8.73. The first-order valence-electron chi connectivity index (χ1n) is 29.3. The van der Waals surface area contributed by atoms with Crippen LogP contribution in [0.2, 0.25) is 0 Å². The maximum absolute atomic E-state index is 13.2. The lowest BCUT2D eigenvalue weighted by molar-refractivity contribution is -0.359. The molecule has 0 saturated carbocycles. The Kier molecular flexibility index (Phi) is 42.6. The molecule has 2 aliphatic heterocycles. The molecule has 0 bridgehead atoms. The van der Waals surface area contributed by atoms with Crippen LogP contribution in [0, 0.1) is 0 Å². The van der Waals surface area contributed by atoms with Crippen molar-refractivity contribution >= 4 is 5.91 Å². The van der Waals surface area contributed by atoms with Crippen LogP contribution in [0.25, 0.3) is 0 Å². The van der Waals surface area contributed by atoms with Crippen LogP contribution in [0.15, 0.2) is 122 Å². The Morgan fingerprint density at radius 1 is 0.481 bits per heavy atom. The van der Waals surface area contributed by atoms with Crippen LogP contribution >= 0.6 is 0 Å². The fourth-order valence-corrected chi connectivity index (χ4v) is 8.73. The van der Waals surface area contributed by atoms with E-state index in [-0.39, 0.29) is 18.9 Å². The lowest BCUT2D eigenvalue weighted by Gasteiger charge is -2.46. The maximum Gasteiger partial charge on any atom is 0.220 e. The molecule has 12 atom stereocenters. The predicted molar refractivity (Wildman–Crippen MR) is 308 cm³/mol. The molecular formula is C63H103NO13. The molecule has 2 aliphatic rings. The third-order valence-electron chi connectivity index (χ3n) is 13.4.